The average molecular weight is 472 g/mol. The van der Waals surface area contributed by atoms with Gasteiger partial charge in [0.25, 0.3) is 0 Å². The normalized spacial score (nSPS) is 19.8. The van der Waals surface area contributed by atoms with Gasteiger partial charge in [-0.2, -0.15) is 0 Å². The predicted molar refractivity (Wildman–Crippen MR) is 126 cm³/mol. The minimum absolute atomic E-state index is 0.0256. The first-order chi connectivity index (χ1) is 15.5. The number of likely N-dealkylation sites (tertiary alicyclic amines) is 1. The minimum atomic E-state index is -0.369. The monoisotopic (exact) mass is 471 g/mol. The van der Waals surface area contributed by atoms with Crippen molar-refractivity contribution in [1.29, 1.82) is 0 Å². The van der Waals surface area contributed by atoms with Gasteiger partial charge in [0.05, 0.1) is 11.1 Å². The molecule has 7 heteroatoms. The molecule has 0 bridgehead atoms. The summed E-state index contributed by atoms with van der Waals surface area (Å²) in [7, 11) is 0. The van der Waals surface area contributed by atoms with E-state index >= 15 is 0 Å². The Morgan fingerprint density at radius 1 is 1.12 bits per heavy atom. The molecule has 32 heavy (non-hydrogen) atoms. The van der Waals surface area contributed by atoms with E-state index in [0.717, 1.165) is 48.2 Å². The molecule has 3 heterocycles. The summed E-state index contributed by atoms with van der Waals surface area (Å²) in [5.74, 6) is 2.09. The second kappa shape index (κ2) is 8.81. The molecule has 166 valence electrons. The van der Waals surface area contributed by atoms with E-state index in [0.29, 0.717) is 33.7 Å². The third-order valence-electron chi connectivity index (χ3n) is 6.03. The Labute approximate surface area is 196 Å². The van der Waals surface area contributed by atoms with Crippen LogP contribution >= 0.6 is 23.2 Å². The van der Waals surface area contributed by atoms with Crippen LogP contribution in [0.15, 0.2) is 57.4 Å². The van der Waals surface area contributed by atoms with Gasteiger partial charge in [0.15, 0.2) is 5.75 Å². The number of fused-ring (bicyclic) bond motifs is 2. The number of halogens is 2. The third kappa shape index (κ3) is 4.13. The van der Waals surface area contributed by atoms with Crippen LogP contribution in [-0.2, 0) is 0 Å². The van der Waals surface area contributed by atoms with E-state index in [1.165, 1.54) is 12.5 Å². The fraction of sp³-hybridized carbons (Fsp3) is 0.320. The van der Waals surface area contributed by atoms with Gasteiger partial charge in [-0.25, -0.2) is 4.79 Å². The largest absolute Gasteiger partial charge is 0.489 e. The molecule has 5 nitrogen and oxygen atoms in total. The van der Waals surface area contributed by atoms with Crippen molar-refractivity contribution in [2.45, 2.75) is 32.2 Å². The summed E-state index contributed by atoms with van der Waals surface area (Å²) in [4.78, 5) is 14.1. The van der Waals surface area contributed by atoms with Crippen molar-refractivity contribution in [2.75, 3.05) is 19.7 Å². The van der Waals surface area contributed by atoms with Crippen molar-refractivity contribution in [3.8, 4) is 11.5 Å². The first-order valence-electron chi connectivity index (χ1n) is 10.8. The van der Waals surface area contributed by atoms with E-state index in [1.54, 1.807) is 12.1 Å². The molecule has 2 aliphatic rings. The summed E-state index contributed by atoms with van der Waals surface area (Å²) < 4.78 is 17.5. The molecule has 0 aliphatic carbocycles. The Kier molecular flexibility index (Phi) is 5.89. The van der Waals surface area contributed by atoms with E-state index < -0.39 is 0 Å². The summed E-state index contributed by atoms with van der Waals surface area (Å²) in [5.41, 5.74) is 2.02. The highest BCUT2D eigenvalue weighted by molar-refractivity contribution is 6.35. The van der Waals surface area contributed by atoms with Crippen molar-refractivity contribution in [1.82, 2.24) is 4.90 Å². The summed E-state index contributed by atoms with van der Waals surface area (Å²) in [6.07, 6.45) is 5.50. The summed E-state index contributed by atoms with van der Waals surface area (Å²) >= 11 is 12.7. The molecule has 0 spiro atoms. The zero-order chi connectivity index (χ0) is 22.2. The lowest BCUT2D eigenvalue weighted by Crippen LogP contribution is -2.34. The highest BCUT2D eigenvalue weighted by atomic mass is 35.5. The maximum atomic E-state index is 11.7. The standard InChI is InChI=1S/C25H23Cl2NO4/c1-15-11-23(29)31-22-14-17(5-6-18(15)22)30-10-7-21-24(28-8-3-2-4-9-28)19-12-16(26)13-20(27)25(19)32-21/h5-7,11-14,24H,2-4,8-10H2,1H3. The van der Waals surface area contributed by atoms with Crippen LogP contribution in [0.2, 0.25) is 10.0 Å². The molecule has 1 saturated heterocycles. The van der Waals surface area contributed by atoms with Crippen LogP contribution in [0.25, 0.3) is 11.0 Å². The molecule has 1 fully saturated rings. The molecule has 2 aliphatic heterocycles. The highest BCUT2D eigenvalue weighted by Crippen LogP contribution is 2.48. The second-order valence-corrected chi connectivity index (χ2v) is 9.07. The van der Waals surface area contributed by atoms with Crippen molar-refractivity contribution < 1.29 is 13.9 Å². The molecule has 2 aromatic carbocycles. The molecule has 0 amide bonds. The van der Waals surface area contributed by atoms with E-state index in [2.05, 4.69) is 4.90 Å². The molecule has 1 unspecified atom stereocenters. The Morgan fingerprint density at radius 3 is 2.75 bits per heavy atom. The van der Waals surface area contributed by atoms with Crippen LogP contribution in [-0.4, -0.2) is 24.6 Å². The molecule has 1 aromatic heterocycles. The lowest BCUT2D eigenvalue weighted by atomic mass is 10.0. The molecule has 5 rings (SSSR count). The number of benzene rings is 2. The number of aryl methyl sites for hydroxylation is 1. The Balaban J connectivity index is 1.40. The van der Waals surface area contributed by atoms with Crippen LogP contribution in [0.1, 0.15) is 36.4 Å². The Morgan fingerprint density at radius 2 is 1.94 bits per heavy atom. The lowest BCUT2D eigenvalue weighted by molar-refractivity contribution is 0.170. The van der Waals surface area contributed by atoms with E-state index in [1.807, 2.05) is 31.2 Å². The number of hydrogen-bond acceptors (Lipinski definition) is 5. The first kappa shape index (κ1) is 21.4. The van der Waals surface area contributed by atoms with Gasteiger partial charge in [-0.15, -0.1) is 0 Å². The van der Waals surface area contributed by atoms with Crippen molar-refractivity contribution >= 4 is 34.2 Å². The summed E-state index contributed by atoms with van der Waals surface area (Å²) in [6.45, 7) is 4.19. The zero-order valence-corrected chi connectivity index (χ0v) is 19.2. The maximum Gasteiger partial charge on any atom is 0.336 e. The minimum Gasteiger partial charge on any atom is -0.489 e. The third-order valence-corrected chi connectivity index (χ3v) is 6.53. The number of rotatable bonds is 4. The van der Waals surface area contributed by atoms with Crippen LogP contribution in [0.4, 0.5) is 0 Å². The van der Waals surface area contributed by atoms with Gasteiger partial charge < -0.3 is 13.9 Å². The Hall–Kier alpha value is -2.47. The molecule has 0 saturated carbocycles. The van der Waals surface area contributed by atoms with Gasteiger partial charge >= 0.3 is 5.63 Å². The lowest BCUT2D eigenvalue weighted by Gasteiger charge is -2.32. The molecule has 0 N–H and O–H groups in total. The molecular formula is C25H23Cl2NO4. The zero-order valence-electron chi connectivity index (χ0n) is 17.7. The predicted octanol–water partition coefficient (Wildman–Crippen LogP) is 6.29. The Bertz CT molecular complexity index is 1260. The smallest absolute Gasteiger partial charge is 0.336 e. The second-order valence-electron chi connectivity index (χ2n) is 8.23. The van der Waals surface area contributed by atoms with E-state index in [-0.39, 0.29) is 11.7 Å². The SMILES string of the molecule is Cc1cc(=O)oc2cc(OCC=C3Oc4c(Cl)cc(Cl)cc4C3N3CCCCC3)ccc12. The van der Waals surface area contributed by atoms with Crippen LogP contribution in [0.5, 0.6) is 11.5 Å². The summed E-state index contributed by atoms with van der Waals surface area (Å²) in [6, 6.07) is 10.6. The van der Waals surface area contributed by atoms with Crippen LogP contribution in [0, 0.1) is 6.92 Å². The average Bonchev–Trinajstić information content (AvgIpc) is 3.12. The quantitative estimate of drug-likeness (QED) is 0.418. The van der Waals surface area contributed by atoms with E-state index in [4.69, 9.17) is 37.1 Å². The van der Waals surface area contributed by atoms with Gasteiger partial charge in [0.1, 0.15) is 23.7 Å². The fourth-order valence-corrected chi connectivity index (χ4v) is 5.09. The van der Waals surface area contributed by atoms with Crippen molar-refractivity contribution in [3.05, 3.63) is 79.8 Å². The maximum absolute atomic E-state index is 11.7. The van der Waals surface area contributed by atoms with Gasteiger partial charge in [-0.1, -0.05) is 29.6 Å². The van der Waals surface area contributed by atoms with Gasteiger partial charge in [0, 0.05) is 28.1 Å². The highest BCUT2D eigenvalue weighted by Gasteiger charge is 2.36. The first-order valence-corrected chi connectivity index (χ1v) is 11.5. The van der Waals surface area contributed by atoms with Crippen molar-refractivity contribution in [2.24, 2.45) is 0 Å². The molecule has 0 radical (unpaired) electrons. The van der Waals surface area contributed by atoms with Crippen LogP contribution in [0.3, 0.4) is 0 Å². The number of piperidine rings is 1. The van der Waals surface area contributed by atoms with Crippen LogP contribution < -0.4 is 15.1 Å². The van der Waals surface area contributed by atoms with E-state index in [9.17, 15) is 4.79 Å². The number of ether oxygens (including phenoxy) is 2. The molecule has 1 atom stereocenters. The fourth-order valence-electron chi connectivity index (χ4n) is 4.54. The topological polar surface area (TPSA) is 51.9 Å². The number of hydrogen-bond donors (Lipinski definition) is 0. The van der Waals surface area contributed by atoms with Gasteiger partial charge in [-0.05, 0) is 68.8 Å². The summed E-state index contributed by atoms with van der Waals surface area (Å²) in [5, 5.41) is 2.00. The number of nitrogens with zero attached hydrogens (tertiary/aromatic N) is 1. The molecular weight excluding hydrogens is 449 g/mol. The van der Waals surface area contributed by atoms with Gasteiger partial charge in [0.2, 0.25) is 0 Å². The van der Waals surface area contributed by atoms with Gasteiger partial charge in [-0.3, -0.25) is 4.90 Å². The molecule has 3 aromatic rings. The van der Waals surface area contributed by atoms with Crippen molar-refractivity contribution in [3.63, 3.8) is 0 Å².